The van der Waals surface area contributed by atoms with Crippen LogP contribution in [0.2, 0.25) is 0 Å². The molecule has 0 aliphatic heterocycles. The standard InChI is InChI=1S/C17H22N2O4/c1-4-19(5-2)10-9-18-16(20)13-11-12-7-6-8-14(22-3)15(12)23-17(13)21/h6-8,11H,4-5,9-10H2,1-3H3,(H,18,20). The lowest BCUT2D eigenvalue weighted by molar-refractivity contribution is 0.0945. The molecular formula is C17H22N2O4. The van der Waals surface area contributed by atoms with Gasteiger partial charge in [-0.05, 0) is 25.2 Å². The van der Waals surface area contributed by atoms with Crippen molar-refractivity contribution in [3.8, 4) is 5.75 Å². The van der Waals surface area contributed by atoms with Gasteiger partial charge in [-0.2, -0.15) is 0 Å². The first-order valence-corrected chi connectivity index (χ1v) is 7.72. The molecule has 1 aromatic carbocycles. The van der Waals surface area contributed by atoms with Gasteiger partial charge in [0.2, 0.25) is 0 Å². The molecule has 2 rings (SSSR count). The minimum Gasteiger partial charge on any atom is -0.493 e. The van der Waals surface area contributed by atoms with E-state index in [1.165, 1.54) is 13.2 Å². The van der Waals surface area contributed by atoms with Crippen LogP contribution in [0.25, 0.3) is 11.0 Å². The number of hydrogen-bond donors (Lipinski definition) is 1. The molecule has 1 amide bonds. The minimum atomic E-state index is -0.665. The van der Waals surface area contributed by atoms with Gasteiger partial charge >= 0.3 is 5.63 Å². The highest BCUT2D eigenvalue weighted by atomic mass is 16.5. The SMILES string of the molecule is CCN(CC)CCNC(=O)c1cc2cccc(OC)c2oc1=O. The molecule has 0 radical (unpaired) electrons. The number of rotatable bonds is 7. The van der Waals surface area contributed by atoms with E-state index in [4.69, 9.17) is 9.15 Å². The van der Waals surface area contributed by atoms with E-state index in [1.54, 1.807) is 18.2 Å². The molecule has 1 aromatic heterocycles. The van der Waals surface area contributed by atoms with Gasteiger partial charge in [0.25, 0.3) is 5.91 Å². The van der Waals surface area contributed by atoms with Crippen LogP contribution in [-0.4, -0.2) is 44.1 Å². The van der Waals surface area contributed by atoms with Crippen LogP contribution in [0.4, 0.5) is 0 Å². The number of nitrogens with one attached hydrogen (secondary N) is 1. The van der Waals surface area contributed by atoms with Crippen LogP contribution in [0.5, 0.6) is 5.75 Å². The second-order valence-corrected chi connectivity index (χ2v) is 5.11. The van der Waals surface area contributed by atoms with E-state index in [0.717, 1.165) is 19.6 Å². The summed E-state index contributed by atoms with van der Waals surface area (Å²) in [6.45, 7) is 7.20. The van der Waals surface area contributed by atoms with Crippen molar-refractivity contribution in [3.63, 3.8) is 0 Å². The molecular weight excluding hydrogens is 296 g/mol. The van der Waals surface area contributed by atoms with Crippen LogP contribution in [-0.2, 0) is 0 Å². The van der Waals surface area contributed by atoms with E-state index in [0.29, 0.717) is 23.3 Å². The first-order chi connectivity index (χ1) is 11.1. The number of carbonyl (C=O) groups is 1. The summed E-state index contributed by atoms with van der Waals surface area (Å²) >= 11 is 0. The van der Waals surface area contributed by atoms with Gasteiger partial charge in [0.05, 0.1) is 7.11 Å². The molecule has 0 fully saturated rings. The van der Waals surface area contributed by atoms with Crippen molar-refractivity contribution >= 4 is 16.9 Å². The summed E-state index contributed by atoms with van der Waals surface area (Å²) in [7, 11) is 1.50. The van der Waals surface area contributed by atoms with Gasteiger partial charge in [0.15, 0.2) is 11.3 Å². The number of fused-ring (bicyclic) bond motifs is 1. The fourth-order valence-corrected chi connectivity index (χ4v) is 2.40. The highest BCUT2D eigenvalue weighted by Gasteiger charge is 2.15. The molecule has 0 aliphatic rings. The molecule has 23 heavy (non-hydrogen) atoms. The quantitative estimate of drug-likeness (QED) is 0.789. The second-order valence-electron chi connectivity index (χ2n) is 5.11. The van der Waals surface area contributed by atoms with E-state index in [9.17, 15) is 9.59 Å². The normalized spacial score (nSPS) is 11.0. The Kier molecular flexibility index (Phi) is 5.76. The molecule has 0 atom stereocenters. The van der Waals surface area contributed by atoms with Crippen LogP contribution in [0.15, 0.2) is 33.5 Å². The predicted molar refractivity (Wildman–Crippen MR) is 89.2 cm³/mol. The third-order valence-corrected chi connectivity index (χ3v) is 3.80. The van der Waals surface area contributed by atoms with E-state index >= 15 is 0 Å². The lowest BCUT2D eigenvalue weighted by atomic mass is 10.1. The fraction of sp³-hybridized carbons (Fsp3) is 0.412. The number of hydrogen-bond acceptors (Lipinski definition) is 5. The number of para-hydroxylation sites is 1. The number of likely N-dealkylation sites (N-methyl/N-ethyl adjacent to an activating group) is 1. The Hall–Kier alpha value is -2.34. The topological polar surface area (TPSA) is 71.8 Å². The summed E-state index contributed by atoms with van der Waals surface area (Å²) in [6, 6.07) is 6.79. The molecule has 0 saturated heterocycles. The molecule has 0 aliphatic carbocycles. The zero-order chi connectivity index (χ0) is 16.8. The van der Waals surface area contributed by atoms with Gasteiger partial charge in [-0.3, -0.25) is 4.79 Å². The molecule has 124 valence electrons. The van der Waals surface area contributed by atoms with Crippen molar-refractivity contribution in [1.29, 1.82) is 0 Å². The maximum Gasteiger partial charge on any atom is 0.349 e. The Morgan fingerprint density at radius 2 is 2.04 bits per heavy atom. The monoisotopic (exact) mass is 318 g/mol. The van der Waals surface area contributed by atoms with Crippen molar-refractivity contribution in [2.24, 2.45) is 0 Å². The fourth-order valence-electron chi connectivity index (χ4n) is 2.40. The molecule has 0 spiro atoms. The largest absolute Gasteiger partial charge is 0.493 e. The van der Waals surface area contributed by atoms with Gasteiger partial charge in [-0.15, -0.1) is 0 Å². The highest BCUT2D eigenvalue weighted by molar-refractivity contribution is 5.97. The first kappa shape index (κ1) is 17.0. The molecule has 0 saturated carbocycles. The van der Waals surface area contributed by atoms with Gasteiger partial charge < -0.3 is 19.4 Å². The van der Waals surface area contributed by atoms with E-state index in [-0.39, 0.29) is 5.56 Å². The van der Waals surface area contributed by atoms with Crippen LogP contribution in [0, 0.1) is 0 Å². The van der Waals surface area contributed by atoms with Crippen LogP contribution in [0.1, 0.15) is 24.2 Å². The zero-order valence-corrected chi connectivity index (χ0v) is 13.7. The maximum absolute atomic E-state index is 12.2. The first-order valence-electron chi connectivity index (χ1n) is 7.72. The zero-order valence-electron chi connectivity index (χ0n) is 13.7. The number of methoxy groups -OCH3 is 1. The summed E-state index contributed by atoms with van der Waals surface area (Å²) < 4.78 is 10.4. The van der Waals surface area contributed by atoms with Gasteiger partial charge in [-0.25, -0.2) is 4.79 Å². The number of nitrogens with zero attached hydrogens (tertiary/aromatic N) is 1. The van der Waals surface area contributed by atoms with E-state index in [2.05, 4.69) is 24.1 Å². The van der Waals surface area contributed by atoms with Crippen molar-refractivity contribution in [2.45, 2.75) is 13.8 Å². The third-order valence-electron chi connectivity index (χ3n) is 3.80. The Balaban J connectivity index is 2.18. The average Bonchev–Trinajstić information content (AvgIpc) is 2.57. The number of carbonyl (C=O) groups excluding carboxylic acids is 1. The summed E-state index contributed by atoms with van der Waals surface area (Å²) in [5.41, 5.74) is -0.313. The maximum atomic E-state index is 12.2. The summed E-state index contributed by atoms with van der Waals surface area (Å²) in [5, 5.41) is 3.41. The lowest BCUT2D eigenvalue weighted by Crippen LogP contribution is -2.36. The van der Waals surface area contributed by atoms with Gasteiger partial charge in [0.1, 0.15) is 5.56 Å². The summed E-state index contributed by atoms with van der Waals surface area (Å²) in [5.74, 6) is 0.0451. The Labute approximate surface area is 135 Å². The lowest BCUT2D eigenvalue weighted by Gasteiger charge is -2.17. The van der Waals surface area contributed by atoms with Gasteiger partial charge in [0, 0.05) is 18.5 Å². The summed E-state index contributed by atoms with van der Waals surface area (Å²) in [6.07, 6.45) is 0. The number of amides is 1. The van der Waals surface area contributed by atoms with Crippen LogP contribution in [0.3, 0.4) is 0 Å². The van der Waals surface area contributed by atoms with Crippen molar-refractivity contribution < 1.29 is 13.9 Å². The third kappa shape index (κ3) is 3.90. The Bertz CT molecular complexity index is 735. The minimum absolute atomic E-state index is 0.00491. The smallest absolute Gasteiger partial charge is 0.349 e. The molecule has 6 heteroatoms. The second kappa shape index (κ2) is 7.78. The van der Waals surface area contributed by atoms with Crippen LogP contribution >= 0.6 is 0 Å². The molecule has 0 unspecified atom stereocenters. The van der Waals surface area contributed by atoms with E-state index < -0.39 is 11.5 Å². The van der Waals surface area contributed by atoms with E-state index in [1.807, 2.05) is 0 Å². The molecule has 1 N–H and O–H groups in total. The predicted octanol–water partition coefficient (Wildman–Crippen LogP) is 1.87. The Morgan fingerprint density at radius 1 is 1.30 bits per heavy atom. The number of ether oxygens (including phenoxy) is 1. The van der Waals surface area contributed by atoms with Crippen molar-refractivity contribution in [3.05, 3.63) is 40.2 Å². The average molecular weight is 318 g/mol. The summed E-state index contributed by atoms with van der Waals surface area (Å²) in [4.78, 5) is 26.4. The van der Waals surface area contributed by atoms with Gasteiger partial charge in [-0.1, -0.05) is 26.0 Å². The molecule has 2 aromatic rings. The van der Waals surface area contributed by atoms with Crippen LogP contribution < -0.4 is 15.7 Å². The Morgan fingerprint density at radius 3 is 2.70 bits per heavy atom. The highest BCUT2D eigenvalue weighted by Crippen LogP contribution is 2.24. The van der Waals surface area contributed by atoms with Crippen molar-refractivity contribution in [2.75, 3.05) is 33.3 Å². The molecule has 0 bridgehead atoms. The number of benzene rings is 1. The molecule has 1 heterocycles. The molecule has 6 nitrogen and oxygen atoms in total. The van der Waals surface area contributed by atoms with Crippen molar-refractivity contribution in [1.82, 2.24) is 10.2 Å².